The zero-order valence-corrected chi connectivity index (χ0v) is 8.25. The number of amides is 4. The smallest absolute Gasteiger partial charge is 0.253 e. The van der Waals surface area contributed by atoms with Crippen LogP contribution in [0.3, 0.4) is 0 Å². The Kier molecular flexibility index (Phi) is 2.40. The molecule has 0 unspecified atom stereocenters. The molecule has 0 spiro atoms. The molecular formula is C10H8N2O4. The molecule has 0 aromatic heterocycles. The van der Waals surface area contributed by atoms with Gasteiger partial charge in [-0.1, -0.05) is 0 Å². The zero-order valence-electron chi connectivity index (χ0n) is 8.25. The Balaban J connectivity index is 1.93. The molecule has 82 valence electrons. The summed E-state index contributed by atoms with van der Waals surface area (Å²) in [5, 5.41) is 0. The SMILES string of the molecule is O=C1C=CC(=O)N1CCN1C(=O)C=CC1=O. The van der Waals surface area contributed by atoms with Gasteiger partial charge in [-0.25, -0.2) is 0 Å². The first-order chi connectivity index (χ1) is 7.59. The van der Waals surface area contributed by atoms with E-state index in [9.17, 15) is 19.2 Å². The van der Waals surface area contributed by atoms with E-state index in [-0.39, 0.29) is 13.1 Å². The third kappa shape index (κ3) is 1.65. The van der Waals surface area contributed by atoms with Crippen LogP contribution in [0.2, 0.25) is 0 Å². The van der Waals surface area contributed by atoms with Crippen LogP contribution < -0.4 is 0 Å². The first-order valence-electron chi connectivity index (χ1n) is 4.66. The van der Waals surface area contributed by atoms with Crippen molar-refractivity contribution in [3.8, 4) is 0 Å². The normalized spacial score (nSPS) is 19.5. The van der Waals surface area contributed by atoms with Gasteiger partial charge in [-0.15, -0.1) is 0 Å². The van der Waals surface area contributed by atoms with E-state index in [1.165, 1.54) is 0 Å². The number of hydrogen-bond acceptors (Lipinski definition) is 4. The van der Waals surface area contributed by atoms with Gasteiger partial charge in [-0.2, -0.15) is 0 Å². The zero-order chi connectivity index (χ0) is 11.7. The fourth-order valence-electron chi connectivity index (χ4n) is 1.50. The van der Waals surface area contributed by atoms with E-state index in [1.54, 1.807) is 0 Å². The van der Waals surface area contributed by atoms with Gasteiger partial charge in [0.05, 0.1) is 0 Å². The molecule has 2 aliphatic heterocycles. The second kappa shape index (κ2) is 3.73. The van der Waals surface area contributed by atoms with Crippen LogP contribution >= 0.6 is 0 Å². The molecule has 0 atom stereocenters. The number of imide groups is 2. The fourth-order valence-corrected chi connectivity index (χ4v) is 1.50. The van der Waals surface area contributed by atoms with Gasteiger partial charge in [-0.05, 0) is 0 Å². The topological polar surface area (TPSA) is 74.8 Å². The molecule has 0 N–H and O–H groups in total. The molecular weight excluding hydrogens is 212 g/mol. The lowest BCUT2D eigenvalue weighted by atomic mass is 10.4. The average Bonchev–Trinajstić information content (AvgIpc) is 2.72. The van der Waals surface area contributed by atoms with Gasteiger partial charge < -0.3 is 0 Å². The van der Waals surface area contributed by atoms with E-state index in [0.717, 1.165) is 34.1 Å². The fraction of sp³-hybridized carbons (Fsp3) is 0.200. The maximum Gasteiger partial charge on any atom is 0.253 e. The van der Waals surface area contributed by atoms with E-state index in [2.05, 4.69) is 0 Å². The minimum absolute atomic E-state index is 0.0316. The Bertz CT molecular complexity index is 372. The van der Waals surface area contributed by atoms with Crippen molar-refractivity contribution in [3.05, 3.63) is 24.3 Å². The van der Waals surface area contributed by atoms with Gasteiger partial charge in [0, 0.05) is 37.4 Å². The summed E-state index contributed by atoms with van der Waals surface area (Å²) in [6.07, 6.45) is 4.64. The average molecular weight is 220 g/mol. The van der Waals surface area contributed by atoms with Crippen molar-refractivity contribution in [1.82, 2.24) is 9.80 Å². The van der Waals surface area contributed by atoms with Gasteiger partial charge in [-0.3, -0.25) is 29.0 Å². The molecule has 4 amide bonds. The second-order valence-electron chi connectivity index (χ2n) is 3.32. The van der Waals surface area contributed by atoms with Crippen molar-refractivity contribution in [2.45, 2.75) is 0 Å². The summed E-state index contributed by atoms with van der Waals surface area (Å²) in [5.74, 6) is -1.68. The number of carbonyl (C=O) groups is 4. The van der Waals surface area contributed by atoms with E-state index >= 15 is 0 Å². The largest absolute Gasteiger partial charge is 0.274 e. The summed E-state index contributed by atoms with van der Waals surface area (Å²) >= 11 is 0. The minimum atomic E-state index is -0.419. The highest BCUT2D eigenvalue weighted by atomic mass is 16.2. The first kappa shape index (κ1) is 10.3. The molecule has 6 nitrogen and oxygen atoms in total. The van der Waals surface area contributed by atoms with Gasteiger partial charge in [0.2, 0.25) is 0 Å². The van der Waals surface area contributed by atoms with Crippen LogP contribution in [0.1, 0.15) is 0 Å². The first-order valence-corrected chi connectivity index (χ1v) is 4.66. The monoisotopic (exact) mass is 220 g/mol. The third-order valence-corrected chi connectivity index (χ3v) is 2.35. The number of carbonyl (C=O) groups excluding carboxylic acids is 4. The van der Waals surface area contributed by atoms with Crippen LogP contribution in [0.25, 0.3) is 0 Å². The molecule has 0 aromatic carbocycles. The lowest BCUT2D eigenvalue weighted by Crippen LogP contribution is -2.40. The predicted octanol–water partition coefficient (Wildman–Crippen LogP) is -1.16. The standard InChI is InChI=1S/C10H8N2O4/c13-7-1-2-8(14)11(7)5-6-12-9(15)3-4-10(12)16/h1-4H,5-6H2. The maximum atomic E-state index is 11.2. The van der Waals surface area contributed by atoms with Crippen molar-refractivity contribution in [1.29, 1.82) is 0 Å². The molecule has 0 aliphatic carbocycles. The summed E-state index contributed by atoms with van der Waals surface area (Å²) in [7, 11) is 0. The van der Waals surface area contributed by atoms with Crippen LogP contribution in [-0.2, 0) is 19.2 Å². The van der Waals surface area contributed by atoms with E-state index < -0.39 is 23.6 Å². The van der Waals surface area contributed by atoms with Crippen LogP contribution in [0.4, 0.5) is 0 Å². The van der Waals surface area contributed by atoms with Crippen LogP contribution in [0.15, 0.2) is 24.3 Å². The molecule has 0 fully saturated rings. The molecule has 2 heterocycles. The van der Waals surface area contributed by atoms with Crippen LogP contribution in [-0.4, -0.2) is 46.5 Å². The van der Waals surface area contributed by atoms with Gasteiger partial charge in [0.15, 0.2) is 0 Å². The number of rotatable bonds is 3. The van der Waals surface area contributed by atoms with E-state index in [0.29, 0.717) is 0 Å². The Hall–Kier alpha value is -2.24. The Labute approximate surface area is 90.8 Å². The summed E-state index contributed by atoms with van der Waals surface area (Å²) in [6.45, 7) is 0.0631. The minimum Gasteiger partial charge on any atom is -0.274 e. The lowest BCUT2D eigenvalue weighted by molar-refractivity contribution is -0.142. The van der Waals surface area contributed by atoms with Crippen molar-refractivity contribution in [2.75, 3.05) is 13.1 Å². The van der Waals surface area contributed by atoms with Crippen molar-refractivity contribution >= 4 is 23.6 Å². The summed E-state index contributed by atoms with van der Waals surface area (Å²) in [5.41, 5.74) is 0. The number of nitrogens with zero attached hydrogens (tertiary/aromatic N) is 2. The van der Waals surface area contributed by atoms with Crippen LogP contribution in [0.5, 0.6) is 0 Å². The molecule has 6 heteroatoms. The summed E-state index contributed by atoms with van der Waals surface area (Å²) < 4.78 is 0. The Morgan fingerprint density at radius 3 is 1.12 bits per heavy atom. The maximum absolute atomic E-state index is 11.2. The molecule has 0 saturated heterocycles. The van der Waals surface area contributed by atoms with Crippen molar-refractivity contribution in [2.24, 2.45) is 0 Å². The Morgan fingerprint density at radius 1 is 0.625 bits per heavy atom. The highest BCUT2D eigenvalue weighted by molar-refractivity contribution is 6.14. The molecule has 0 bridgehead atoms. The molecule has 16 heavy (non-hydrogen) atoms. The van der Waals surface area contributed by atoms with Crippen molar-refractivity contribution < 1.29 is 19.2 Å². The molecule has 0 radical (unpaired) electrons. The molecule has 2 aliphatic rings. The highest BCUT2D eigenvalue weighted by Gasteiger charge is 2.27. The molecule has 0 aromatic rings. The molecule has 0 saturated carbocycles. The van der Waals surface area contributed by atoms with Crippen molar-refractivity contribution in [3.63, 3.8) is 0 Å². The summed E-state index contributed by atoms with van der Waals surface area (Å²) in [4.78, 5) is 46.6. The second-order valence-corrected chi connectivity index (χ2v) is 3.32. The Morgan fingerprint density at radius 2 is 0.875 bits per heavy atom. The molecule has 2 rings (SSSR count). The quantitative estimate of drug-likeness (QED) is 0.562. The van der Waals surface area contributed by atoms with E-state index in [1.807, 2.05) is 0 Å². The lowest BCUT2D eigenvalue weighted by Gasteiger charge is -2.18. The van der Waals surface area contributed by atoms with Gasteiger partial charge in [0.25, 0.3) is 23.6 Å². The van der Waals surface area contributed by atoms with Crippen LogP contribution in [0, 0.1) is 0 Å². The summed E-state index contributed by atoms with van der Waals surface area (Å²) in [6, 6.07) is 0. The highest BCUT2D eigenvalue weighted by Crippen LogP contribution is 2.06. The van der Waals surface area contributed by atoms with E-state index in [4.69, 9.17) is 0 Å². The van der Waals surface area contributed by atoms with Gasteiger partial charge >= 0.3 is 0 Å². The predicted molar refractivity (Wildman–Crippen MR) is 51.7 cm³/mol. The third-order valence-electron chi connectivity index (χ3n) is 2.35. The number of hydrogen-bond donors (Lipinski definition) is 0. The van der Waals surface area contributed by atoms with Gasteiger partial charge in [0.1, 0.15) is 0 Å².